The van der Waals surface area contributed by atoms with Gasteiger partial charge in [0.1, 0.15) is 0 Å². The minimum absolute atomic E-state index is 0.0662. The molecule has 0 heteroatoms. The van der Waals surface area contributed by atoms with E-state index < -0.39 is 0 Å². The summed E-state index contributed by atoms with van der Waals surface area (Å²) in [5.74, 6) is 0. The molecule has 0 radical (unpaired) electrons. The Morgan fingerprint density at radius 3 is 1.17 bits per heavy atom. The van der Waals surface area contributed by atoms with E-state index in [1.165, 1.54) is 22.3 Å². The van der Waals surface area contributed by atoms with E-state index in [-0.39, 0.29) is 5.41 Å². The summed E-state index contributed by atoms with van der Waals surface area (Å²) in [7, 11) is 0. The monoisotopic (exact) mass is 310 g/mol. The van der Waals surface area contributed by atoms with Crippen molar-refractivity contribution in [2.45, 2.75) is 60.8 Å². The number of hydrogen-bond donors (Lipinski definition) is 0. The van der Waals surface area contributed by atoms with Crippen molar-refractivity contribution in [3.05, 3.63) is 70.8 Å². The van der Waals surface area contributed by atoms with Gasteiger partial charge in [-0.25, -0.2) is 0 Å². The van der Waals surface area contributed by atoms with Gasteiger partial charge in [0.25, 0.3) is 0 Å². The molecular weight excluding hydrogens is 276 g/mol. The summed E-state index contributed by atoms with van der Waals surface area (Å²) >= 11 is 0. The second-order valence-electron chi connectivity index (χ2n) is 5.13. The zero-order chi connectivity index (χ0) is 17.9. The lowest BCUT2D eigenvalue weighted by Gasteiger charge is -2.28. The van der Waals surface area contributed by atoms with Crippen LogP contribution in [0.5, 0.6) is 0 Å². The van der Waals surface area contributed by atoms with E-state index in [9.17, 15) is 0 Å². The molecule has 1 aliphatic carbocycles. The van der Waals surface area contributed by atoms with Crippen LogP contribution in [0.3, 0.4) is 0 Å². The normalized spacial score (nSPS) is 12.5. The number of rotatable bonds is 0. The molecule has 0 amide bonds. The smallest absolute Gasteiger partial charge is 0.0158 e. The summed E-state index contributed by atoms with van der Waals surface area (Å²) in [4.78, 5) is 0. The van der Waals surface area contributed by atoms with Gasteiger partial charge in [0, 0.05) is 5.41 Å². The molecule has 0 saturated heterocycles. The van der Waals surface area contributed by atoms with Gasteiger partial charge < -0.3 is 0 Å². The molecule has 126 valence electrons. The Morgan fingerprint density at radius 2 is 0.826 bits per heavy atom. The molecule has 0 nitrogen and oxygen atoms in total. The fourth-order valence-corrected chi connectivity index (χ4v) is 2.75. The molecule has 0 bridgehead atoms. The molecule has 2 aromatic carbocycles. The van der Waals surface area contributed by atoms with Crippen LogP contribution in [0.4, 0.5) is 0 Å². The van der Waals surface area contributed by atoms with E-state index in [2.05, 4.69) is 74.5 Å². The first-order valence-corrected chi connectivity index (χ1v) is 9.07. The Labute approximate surface area is 144 Å². The molecular formula is C23H34. The molecule has 0 aliphatic heterocycles. The first kappa shape index (κ1) is 21.2. The zero-order valence-corrected chi connectivity index (χ0v) is 16.3. The van der Waals surface area contributed by atoms with Gasteiger partial charge in [-0.15, -0.1) is 0 Å². The van der Waals surface area contributed by atoms with Gasteiger partial charge >= 0.3 is 0 Å². The van der Waals surface area contributed by atoms with Gasteiger partial charge in [-0.2, -0.15) is 0 Å². The topological polar surface area (TPSA) is 0 Å². The molecule has 0 aromatic heterocycles. The van der Waals surface area contributed by atoms with Crippen LogP contribution in [0.15, 0.2) is 48.5 Å². The van der Waals surface area contributed by atoms with E-state index in [1.807, 2.05) is 41.5 Å². The summed E-state index contributed by atoms with van der Waals surface area (Å²) < 4.78 is 0. The summed E-state index contributed by atoms with van der Waals surface area (Å²) in [6.07, 6.45) is 4.45. The number of fused-ring (bicyclic) bond motifs is 2. The van der Waals surface area contributed by atoms with E-state index >= 15 is 0 Å². The van der Waals surface area contributed by atoms with Crippen molar-refractivity contribution in [3.8, 4) is 0 Å². The van der Waals surface area contributed by atoms with Crippen molar-refractivity contribution < 1.29 is 0 Å². The average Bonchev–Trinajstić information content (AvgIpc) is 2.76. The quantitative estimate of drug-likeness (QED) is 0.470. The van der Waals surface area contributed by atoms with Gasteiger partial charge in [-0.05, 0) is 22.3 Å². The molecule has 3 rings (SSSR count). The van der Waals surface area contributed by atoms with Crippen LogP contribution in [0.1, 0.15) is 77.6 Å². The Kier molecular flexibility index (Phi) is 9.97. The van der Waals surface area contributed by atoms with E-state index in [4.69, 9.17) is 0 Å². The third-order valence-electron chi connectivity index (χ3n) is 3.71. The molecule has 0 spiro atoms. The minimum atomic E-state index is 0.0662. The Balaban J connectivity index is 0.000000728. The molecule has 0 unspecified atom stereocenters. The highest BCUT2D eigenvalue weighted by Gasteiger charge is 2.28. The van der Waals surface area contributed by atoms with Crippen LogP contribution in [-0.4, -0.2) is 0 Å². The zero-order valence-electron chi connectivity index (χ0n) is 16.3. The Morgan fingerprint density at radius 1 is 0.522 bits per heavy atom. The maximum absolute atomic E-state index is 2.30. The summed E-state index contributed by atoms with van der Waals surface area (Å²) in [5.41, 5.74) is 5.53. The molecule has 0 atom stereocenters. The highest BCUT2D eigenvalue weighted by Crippen LogP contribution is 2.38. The molecule has 0 N–H and O–H groups in total. The van der Waals surface area contributed by atoms with Crippen LogP contribution in [-0.2, 0) is 5.41 Å². The van der Waals surface area contributed by atoms with Crippen molar-refractivity contribution in [1.29, 1.82) is 0 Å². The van der Waals surface area contributed by atoms with Crippen LogP contribution in [0.2, 0.25) is 0 Å². The van der Waals surface area contributed by atoms with Crippen molar-refractivity contribution >= 4 is 12.2 Å². The van der Waals surface area contributed by atoms with Crippen LogP contribution in [0.25, 0.3) is 12.2 Å². The summed E-state index contributed by atoms with van der Waals surface area (Å²) in [6, 6.07) is 17.3. The second-order valence-corrected chi connectivity index (χ2v) is 5.13. The van der Waals surface area contributed by atoms with Crippen LogP contribution < -0.4 is 0 Å². The van der Waals surface area contributed by atoms with Gasteiger partial charge in [0.15, 0.2) is 0 Å². The molecule has 0 heterocycles. The van der Waals surface area contributed by atoms with Gasteiger partial charge in [-0.3, -0.25) is 0 Å². The van der Waals surface area contributed by atoms with Crippen molar-refractivity contribution in [2.24, 2.45) is 0 Å². The van der Waals surface area contributed by atoms with Gasteiger partial charge in [0.2, 0.25) is 0 Å². The van der Waals surface area contributed by atoms with Gasteiger partial charge in [-0.1, -0.05) is 116 Å². The van der Waals surface area contributed by atoms with Gasteiger partial charge in [0.05, 0.1) is 0 Å². The van der Waals surface area contributed by atoms with Crippen molar-refractivity contribution in [3.63, 3.8) is 0 Å². The largest absolute Gasteiger partial charge is 0.0683 e. The molecule has 23 heavy (non-hydrogen) atoms. The number of benzene rings is 2. The fraction of sp³-hybridized carbons (Fsp3) is 0.391. The third kappa shape index (κ3) is 4.82. The highest BCUT2D eigenvalue weighted by molar-refractivity contribution is 5.77. The van der Waals surface area contributed by atoms with Crippen molar-refractivity contribution in [1.82, 2.24) is 0 Å². The fourth-order valence-electron chi connectivity index (χ4n) is 2.75. The Hall–Kier alpha value is -1.82. The number of hydrogen-bond acceptors (Lipinski definition) is 0. The predicted molar refractivity (Wildman–Crippen MR) is 108 cm³/mol. The highest BCUT2D eigenvalue weighted by atomic mass is 14.3. The lowest BCUT2D eigenvalue weighted by atomic mass is 9.76. The molecule has 1 aliphatic rings. The maximum atomic E-state index is 2.30. The second kappa shape index (κ2) is 10.8. The van der Waals surface area contributed by atoms with E-state index in [0.29, 0.717) is 0 Å². The maximum Gasteiger partial charge on any atom is 0.0158 e. The average molecular weight is 311 g/mol. The lowest BCUT2D eigenvalue weighted by Crippen LogP contribution is -2.20. The minimum Gasteiger partial charge on any atom is -0.0683 e. The first-order chi connectivity index (χ1) is 11.2. The van der Waals surface area contributed by atoms with E-state index in [1.54, 1.807) is 0 Å². The summed E-state index contributed by atoms with van der Waals surface area (Å²) in [5, 5.41) is 0. The Bertz CT molecular complexity index is 537. The van der Waals surface area contributed by atoms with Crippen LogP contribution >= 0.6 is 0 Å². The first-order valence-electron chi connectivity index (χ1n) is 9.07. The molecule has 2 aromatic rings. The summed E-state index contributed by atoms with van der Waals surface area (Å²) in [6.45, 7) is 16.6. The van der Waals surface area contributed by atoms with Crippen molar-refractivity contribution in [2.75, 3.05) is 0 Å². The lowest BCUT2D eigenvalue weighted by molar-refractivity contribution is 0.639. The standard InChI is InChI=1S/C17H16.3C2H6/c1-17(2)15-9-5-3-7-13(15)11-12-14-8-4-6-10-16(14)17;3*1-2/h3-12H,1-2H3;3*1-2H3. The SMILES string of the molecule is CC.CC.CC.CC1(C)c2ccccc2C=Cc2ccccc21. The third-order valence-corrected chi connectivity index (χ3v) is 3.71. The molecule has 0 saturated carbocycles. The molecule has 0 fully saturated rings. The van der Waals surface area contributed by atoms with Crippen LogP contribution in [0, 0.1) is 0 Å². The van der Waals surface area contributed by atoms with E-state index in [0.717, 1.165) is 0 Å². The predicted octanol–water partition coefficient (Wildman–Crippen LogP) is 7.57.